The van der Waals surface area contributed by atoms with E-state index in [0.29, 0.717) is 25.1 Å². The minimum Gasteiger partial charge on any atom is -0.325 e. The zero-order valence-electron chi connectivity index (χ0n) is 13.3. The number of nitrogens with one attached hydrogen (secondary N) is 1. The molecule has 126 valence electrons. The average Bonchev–Trinajstić information content (AvgIpc) is 3.07. The minimum atomic E-state index is -3.68. The molecule has 0 unspecified atom stereocenters. The number of nitrogens with zero attached hydrogens (tertiary/aromatic N) is 2. The normalized spacial score (nSPS) is 18.5. The van der Waals surface area contributed by atoms with Gasteiger partial charge in [0.05, 0.1) is 4.90 Å². The van der Waals surface area contributed by atoms with E-state index in [1.54, 1.807) is 48.8 Å². The number of sulfonamides is 1. The molecule has 1 amide bonds. The number of aromatic nitrogens is 1. The molecule has 1 aromatic heterocycles. The fourth-order valence-electron chi connectivity index (χ4n) is 2.80. The average molecular weight is 345 g/mol. The maximum absolute atomic E-state index is 12.8. The lowest BCUT2D eigenvalue weighted by Crippen LogP contribution is -2.43. The van der Waals surface area contributed by atoms with E-state index in [4.69, 9.17) is 0 Å². The molecule has 1 aliphatic heterocycles. The van der Waals surface area contributed by atoms with Crippen LogP contribution in [0.5, 0.6) is 0 Å². The summed E-state index contributed by atoms with van der Waals surface area (Å²) >= 11 is 0. The van der Waals surface area contributed by atoms with Gasteiger partial charge in [-0.05, 0) is 44.0 Å². The zero-order valence-corrected chi connectivity index (χ0v) is 14.2. The number of carbonyl (C=O) groups is 1. The second-order valence-corrected chi connectivity index (χ2v) is 7.70. The summed E-state index contributed by atoms with van der Waals surface area (Å²) in [4.78, 5) is 16.6. The van der Waals surface area contributed by atoms with E-state index in [2.05, 4.69) is 10.3 Å². The van der Waals surface area contributed by atoms with Gasteiger partial charge in [0, 0.05) is 24.6 Å². The van der Waals surface area contributed by atoms with Crippen molar-refractivity contribution in [1.29, 1.82) is 0 Å². The van der Waals surface area contributed by atoms with Gasteiger partial charge in [-0.15, -0.1) is 0 Å². The van der Waals surface area contributed by atoms with Crippen LogP contribution in [-0.4, -0.2) is 36.2 Å². The van der Waals surface area contributed by atoms with Crippen molar-refractivity contribution in [1.82, 2.24) is 9.29 Å². The molecule has 0 saturated carbocycles. The van der Waals surface area contributed by atoms with E-state index in [9.17, 15) is 13.2 Å². The molecule has 0 radical (unpaired) electrons. The van der Waals surface area contributed by atoms with Gasteiger partial charge in [0.2, 0.25) is 15.9 Å². The lowest BCUT2D eigenvalue weighted by molar-refractivity contribution is -0.119. The van der Waals surface area contributed by atoms with Crippen LogP contribution in [0.4, 0.5) is 5.69 Å². The van der Waals surface area contributed by atoms with Gasteiger partial charge in [-0.3, -0.25) is 9.78 Å². The van der Waals surface area contributed by atoms with Crippen molar-refractivity contribution in [3.63, 3.8) is 0 Å². The van der Waals surface area contributed by atoms with Gasteiger partial charge >= 0.3 is 0 Å². The summed E-state index contributed by atoms with van der Waals surface area (Å²) in [6, 6.07) is 9.34. The number of rotatable bonds is 4. The van der Waals surface area contributed by atoms with E-state index in [1.807, 2.05) is 6.92 Å². The Labute approximate surface area is 141 Å². The van der Waals surface area contributed by atoms with E-state index in [0.717, 1.165) is 5.56 Å². The number of carbonyl (C=O) groups excluding carboxylic acids is 1. The Morgan fingerprint density at radius 2 is 1.83 bits per heavy atom. The molecule has 2 aromatic rings. The number of benzene rings is 1. The van der Waals surface area contributed by atoms with Crippen molar-refractivity contribution < 1.29 is 13.2 Å². The topological polar surface area (TPSA) is 79.4 Å². The fraction of sp³-hybridized carbons (Fsp3) is 0.294. The number of anilines is 1. The van der Waals surface area contributed by atoms with Crippen LogP contribution >= 0.6 is 0 Å². The summed E-state index contributed by atoms with van der Waals surface area (Å²) in [6.07, 6.45) is 4.33. The van der Waals surface area contributed by atoms with E-state index < -0.39 is 16.1 Å². The van der Waals surface area contributed by atoms with Crippen LogP contribution in [0.1, 0.15) is 18.4 Å². The van der Waals surface area contributed by atoms with Crippen LogP contribution < -0.4 is 5.32 Å². The quantitative estimate of drug-likeness (QED) is 0.921. The SMILES string of the molecule is Cc1ccc(S(=O)(=O)N2CCC[C@@H]2C(=O)Nc2ccncc2)cc1. The lowest BCUT2D eigenvalue weighted by atomic mass is 10.2. The van der Waals surface area contributed by atoms with Crippen molar-refractivity contribution in [2.24, 2.45) is 0 Å². The van der Waals surface area contributed by atoms with Crippen LogP contribution in [-0.2, 0) is 14.8 Å². The highest BCUT2D eigenvalue weighted by Gasteiger charge is 2.39. The summed E-state index contributed by atoms with van der Waals surface area (Å²) in [6.45, 7) is 2.25. The fourth-order valence-corrected chi connectivity index (χ4v) is 4.45. The molecule has 24 heavy (non-hydrogen) atoms. The van der Waals surface area contributed by atoms with Gasteiger partial charge in [0.1, 0.15) is 6.04 Å². The first-order chi connectivity index (χ1) is 11.5. The van der Waals surface area contributed by atoms with Gasteiger partial charge in [-0.2, -0.15) is 4.31 Å². The van der Waals surface area contributed by atoms with E-state index >= 15 is 0 Å². The molecule has 2 heterocycles. The largest absolute Gasteiger partial charge is 0.325 e. The van der Waals surface area contributed by atoms with Crippen molar-refractivity contribution in [3.05, 3.63) is 54.4 Å². The number of aryl methyl sites for hydroxylation is 1. The molecular formula is C17H19N3O3S. The molecule has 1 fully saturated rings. The van der Waals surface area contributed by atoms with Crippen molar-refractivity contribution in [2.75, 3.05) is 11.9 Å². The minimum absolute atomic E-state index is 0.219. The van der Waals surface area contributed by atoms with Gasteiger partial charge < -0.3 is 5.32 Å². The molecule has 0 aliphatic carbocycles. The van der Waals surface area contributed by atoms with Crippen LogP contribution in [0.25, 0.3) is 0 Å². The maximum atomic E-state index is 12.8. The Balaban J connectivity index is 1.82. The molecule has 1 aliphatic rings. The van der Waals surface area contributed by atoms with E-state index in [1.165, 1.54) is 4.31 Å². The molecule has 1 aromatic carbocycles. The van der Waals surface area contributed by atoms with Gasteiger partial charge in [0.25, 0.3) is 0 Å². The summed E-state index contributed by atoms with van der Waals surface area (Å²) in [7, 11) is -3.68. The molecule has 1 saturated heterocycles. The summed E-state index contributed by atoms with van der Waals surface area (Å²) in [5.41, 5.74) is 1.59. The first-order valence-electron chi connectivity index (χ1n) is 7.78. The van der Waals surface area contributed by atoms with Crippen LogP contribution in [0.3, 0.4) is 0 Å². The van der Waals surface area contributed by atoms with E-state index in [-0.39, 0.29) is 10.8 Å². The highest BCUT2D eigenvalue weighted by atomic mass is 32.2. The van der Waals surface area contributed by atoms with Gasteiger partial charge in [-0.25, -0.2) is 8.42 Å². The number of hydrogen-bond acceptors (Lipinski definition) is 4. The molecule has 0 bridgehead atoms. The zero-order chi connectivity index (χ0) is 17.2. The predicted octanol–water partition coefficient (Wildman–Crippen LogP) is 2.18. The molecule has 0 spiro atoms. The summed E-state index contributed by atoms with van der Waals surface area (Å²) in [5, 5.41) is 2.76. The Morgan fingerprint density at radius 1 is 1.17 bits per heavy atom. The third-order valence-electron chi connectivity index (χ3n) is 4.08. The second-order valence-electron chi connectivity index (χ2n) is 5.81. The van der Waals surface area contributed by atoms with Crippen LogP contribution in [0, 0.1) is 6.92 Å². The molecule has 3 rings (SSSR count). The second kappa shape index (κ2) is 6.70. The molecular weight excluding hydrogens is 326 g/mol. The summed E-state index contributed by atoms with van der Waals surface area (Å²) in [5.74, 6) is -0.311. The number of hydrogen-bond donors (Lipinski definition) is 1. The molecule has 6 nitrogen and oxygen atoms in total. The first-order valence-corrected chi connectivity index (χ1v) is 9.22. The first kappa shape index (κ1) is 16.6. The third kappa shape index (κ3) is 3.32. The maximum Gasteiger partial charge on any atom is 0.243 e. The highest BCUT2D eigenvalue weighted by Crippen LogP contribution is 2.27. The molecule has 1 atom stereocenters. The van der Waals surface area contributed by atoms with Crippen molar-refractivity contribution in [2.45, 2.75) is 30.7 Å². The smallest absolute Gasteiger partial charge is 0.243 e. The molecule has 7 heteroatoms. The Hall–Kier alpha value is -2.25. The highest BCUT2D eigenvalue weighted by molar-refractivity contribution is 7.89. The van der Waals surface area contributed by atoms with Crippen molar-refractivity contribution >= 4 is 21.6 Å². The van der Waals surface area contributed by atoms with Gasteiger partial charge in [-0.1, -0.05) is 17.7 Å². The molecule has 1 N–H and O–H groups in total. The summed E-state index contributed by atoms with van der Waals surface area (Å²) < 4.78 is 27.0. The lowest BCUT2D eigenvalue weighted by Gasteiger charge is -2.23. The van der Waals surface area contributed by atoms with Crippen molar-refractivity contribution in [3.8, 4) is 0 Å². The predicted molar refractivity (Wildman–Crippen MR) is 91.0 cm³/mol. The third-order valence-corrected chi connectivity index (χ3v) is 6.00. The van der Waals surface area contributed by atoms with Crippen LogP contribution in [0.15, 0.2) is 53.7 Å². The Morgan fingerprint density at radius 3 is 2.50 bits per heavy atom. The standard InChI is InChI=1S/C17H19N3O3S/c1-13-4-6-15(7-5-13)24(22,23)20-12-2-3-16(20)17(21)19-14-8-10-18-11-9-14/h4-11,16H,2-3,12H2,1H3,(H,18,19,21)/t16-/m1/s1. The van der Waals surface area contributed by atoms with Gasteiger partial charge in [0.15, 0.2) is 0 Å². The Bertz CT molecular complexity index is 820. The van der Waals surface area contributed by atoms with Crippen LogP contribution in [0.2, 0.25) is 0 Å². The monoisotopic (exact) mass is 345 g/mol. The Kier molecular flexibility index (Phi) is 4.64. The number of pyridine rings is 1. The number of amides is 1.